The number of nitrogens with one attached hydrogen (secondary N) is 1. The van der Waals surface area contributed by atoms with Crippen LogP contribution in [0.2, 0.25) is 0 Å². The summed E-state index contributed by atoms with van der Waals surface area (Å²) in [5.74, 6) is 0. The van der Waals surface area contributed by atoms with E-state index in [1.807, 2.05) is 0 Å². The minimum absolute atomic E-state index is 0.520. The first kappa shape index (κ1) is 11.8. The summed E-state index contributed by atoms with van der Waals surface area (Å²) in [6.07, 6.45) is 2.75. The van der Waals surface area contributed by atoms with Gasteiger partial charge in [0.25, 0.3) is 0 Å². The van der Waals surface area contributed by atoms with Crippen LogP contribution in [-0.2, 0) is 0 Å². The van der Waals surface area contributed by atoms with Gasteiger partial charge in [0.1, 0.15) is 0 Å². The molecular formula is C14H19N3. The molecule has 1 atom stereocenters. The lowest BCUT2D eigenvalue weighted by Gasteiger charge is -2.37. The first-order chi connectivity index (χ1) is 8.33. The molecule has 3 nitrogen and oxygen atoms in total. The van der Waals surface area contributed by atoms with Crippen LogP contribution in [-0.4, -0.2) is 19.1 Å². The zero-order valence-corrected chi connectivity index (χ0v) is 10.3. The predicted molar refractivity (Wildman–Crippen MR) is 71.2 cm³/mol. The van der Waals surface area contributed by atoms with E-state index >= 15 is 0 Å². The summed E-state index contributed by atoms with van der Waals surface area (Å²) in [7, 11) is 0. The Morgan fingerprint density at radius 3 is 3.06 bits per heavy atom. The van der Waals surface area contributed by atoms with Gasteiger partial charge in [0.2, 0.25) is 0 Å². The highest BCUT2D eigenvalue weighted by atomic mass is 15.2. The highest BCUT2D eigenvalue weighted by molar-refractivity contribution is 5.72. The highest BCUT2D eigenvalue weighted by Gasteiger charge is 2.21. The molecule has 1 aromatic rings. The number of benzene rings is 1. The lowest BCUT2D eigenvalue weighted by Crippen LogP contribution is -2.42. The van der Waals surface area contributed by atoms with Crippen LogP contribution >= 0.6 is 0 Å². The fraction of sp³-hybridized carbons (Fsp3) is 0.500. The standard InChI is InChI=1S/C14H19N3/c1-12-11-16-13-7-3-4-8-14(13)17(12)10-6-2-5-9-15/h3-4,7-8,12,16H,2,5-6,10-11H2,1H3. The topological polar surface area (TPSA) is 39.1 Å². The van der Waals surface area contributed by atoms with Gasteiger partial charge in [-0.25, -0.2) is 0 Å². The Bertz CT molecular complexity index is 408. The largest absolute Gasteiger partial charge is 0.381 e. The van der Waals surface area contributed by atoms with Crippen LogP contribution in [0.4, 0.5) is 11.4 Å². The van der Waals surface area contributed by atoms with Crippen molar-refractivity contribution in [1.82, 2.24) is 0 Å². The van der Waals surface area contributed by atoms with Crippen molar-refractivity contribution >= 4 is 11.4 Å². The van der Waals surface area contributed by atoms with Gasteiger partial charge >= 0.3 is 0 Å². The van der Waals surface area contributed by atoms with Gasteiger partial charge in [-0.15, -0.1) is 0 Å². The van der Waals surface area contributed by atoms with Gasteiger partial charge in [-0.2, -0.15) is 5.26 Å². The van der Waals surface area contributed by atoms with Crippen molar-refractivity contribution in [3.8, 4) is 6.07 Å². The van der Waals surface area contributed by atoms with Gasteiger partial charge in [-0.1, -0.05) is 12.1 Å². The summed E-state index contributed by atoms with van der Waals surface area (Å²) >= 11 is 0. The SMILES string of the molecule is CC1CNc2ccccc2N1CCCCC#N. The monoisotopic (exact) mass is 229 g/mol. The molecule has 0 saturated heterocycles. The minimum atomic E-state index is 0.520. The number of hydrogen-bond acceptors (Lipinski definition) is 3. The van der Waals surface area contributed by atoms with E-state index in [1.165, 1.54) is 11.4 Å². The lowest BCUT2D eigenvalue weighted by molar-refractivity contribution is 0.609. The molecule has 1 aliphatic heterocycles. The van der Waals surface area contributed by atoms with E-state index in [0.717, 1.165) is 25.9 Å². The summed E-state index contributed by atoms with van der Waals surface area (Å²) in [6.45, 7) is 4.28. The molecular weight excluding hydrogens is 210 g/mol. The number of rotatable bonds is 4. The maximum atomic E-state index is 8.54. The second kappa shape index (κ2) is 5.58. The lowest BCUT2D eigenvalue weighted by atomic mass is 10.1. The van der Waals surface area contributed by atoms with Crippen molar-refractivity contribution in [2.75, 3.05) is 23.3 Å². The third kappa shape index (κ3) is 2.71. The molecule has 1 aliphatic rings. The molecule has 0 aromatic heterocycles. The minimum Gasteiger partial charge on any atom is -0.381 e. The van der Waals surface area contributed by atoms with Gasteiger partial charge in [-0.05, 0) is 31.9 Å². The van der Waals surface area contributed by atoms with Gasteiger partial charge in [0.05, 0.1) is 17.4 Å². The van der Waals surface area contributed by atoms with E-state index in [0.29, 0.717) is 12.5 Å². The second-order valence-corrected chi connectivity index (χ2v) is 4.56. The number of hydrogen-bond donors (Lipinski definition) is 1. The van der Waals surface area contributed by atoms with Gasteiger partial charge in [0.15, 0.2) is 0 Å². The van der Waals surface area contributed by atoms with E-state index < -0.39 is 0 Å². The molecule has 90 valence electrons. The molecule has 0 aliphatic carbocycles. The molecule has 1 N–H and O–H groups in total. The van der Waals surface area contributed by atoms with E-state index in [-0.39, 0.29) is 0 Å². The Morgan fingerprint density at radius 2 is 2.24 bits per heavy atom. The number of para-hydroxylation sites is 2. The maximum Gasteiger partial charge on any atom is 0.0621 e. The summed E-state index contributed by atoms with van der Waals surface area (Å²) in [4.78, 5) is 2.45. The van der Waals surface area contributed by atoms with Crippen molar-refractivity contribution in [3.63, 3.8) is 0 Å². The molecule has 1 unspecified atom stereocenters. The van der Waals surface area contributed by atoms with Crippen molar-refractivity contribution in [2.24, 2.45) is 0 Å². The zero-order valence-electron chi connectivity index (χ0n) is 10.3. The predicted octanol–water partition coefficient (Wildman–Crippen LogP) is 3.00. The van der Waals surface area contributed by atoms with Crippen LogP contribution in [0, 0.1) is 11.3 Å². The van der Waals surface area contributed by atoms with Crippen LogP contribution in [0.25, 0.3) is 0 Å². The number of nitriles is 1. The molecule has 0 fully saturated rings. The van der Waals surface area contributed by atoms with Crippen molar-refractivity contribution in [1.29, 1.82) is 5.26 Å². The quantitative estimate of drug-likeness (QED) is 0.807. The highest BCUT2D eigenvalue weighted by Crippen LogP contribution is 2.31. The fourth-order valence-electron chi connectivity index (χ4n) is 2.31. The summed E-state index contributed by atoms with van der Waals surface area (Å²) < 4.78 is 0. The molecule has 0 bridgehead atoms. The van der Waals surface area contributed by atoms with E-state index in [9.17, 15) is 0 Å². The van der Waals surface area contributed by atoms with E-state index in [4.69, 9.17) is 5.26 Å². The zero-order chi connectivity index (χ0) is 12.1. The van der Waals surface area contributed by atoms with Crippen molar-refractivity contribution < 1.29 is 0 Å². The molecule has 17 heavy (non-hydrogen) atoms. The molecule has 0 radical (unpaired) electrons. The van der Waals surface area contributed by atoms with Crippen molar-refractivity contribution in [3.05, 3.63) is 24.3 Å². The smallest absolute Gasteiger partial charge is 0.0621 e. The number of fused-ring (bicyclic) bond motifs is 1. The average molecular weight is 229 g/mol. The Balaban J connectivity index is 2.03. The fourth-order valence-corrected chi connectivity index (χ4v) is 2.31. The molecule has 1 aromatic carbocycles. The third-order valence-electron chi connectivity index (χ3n) is 3.27. The van der Waals surface area contributed by atoms with Crippen LogP contribution < -0.4 is 10.2 Å². The molecule has 0 spiro atoms. The Morgan fingerprint density at radius 1 is 1.41 bits per heavy atom. The van der Waals surface area contributed by atoms with Gasteiger partial charge in [-0.3, -0.25) is 0 Å². The summed E-state index contributed by atoms with van der Waals surface area (Å²) in [5.41, 5.74) is 2.52. The Labute approximate surface area is 103 Å². The van der Waals surface area contributed by atoms with E-state index in [2.05, 4.69) is 47.5 Å². The maximum absolute atomic E-state index is 8.54. The molecule has 3 heteroatoms. The Hall–Kier alpha value is -1.69. The molecule has 2 rings (SSSR count). The molecule has 0 amide bonds. The second-order valence-electron chi connectivity index (χ2n) is 4.56. The first-order valence-electron chi connectivity index (χ1n) is 6.29. The molecule has 1 heterocycles. The van der Waals surface area contributed by atoms with Gasteiger partial charge in [0, 0.05) is 25.6 Å². The van der Waals surface area contributed by atoms with Crippen molar-refractivity contribution in [2.45, 2.75) is 32.2 Å². The first-order valence-corrected chi connectivity index (χ1v) is 6.29. The van der Waals surface area contributed by atoms with Gasteiger partial charge < -0.3 is 10.2 Å². The van der Waals surface area contributed by atoms with Crippen LogP contribution in [0.1, 0.15) is 26.2 Å². The van der Waals surface area contributed by atoms with Crippen LogP contribution in [0.3, 0.4) is 0 Å². The number of anilines is 2. The van der Waals surface area contributed by atoms with E-state index in [1.54, 1.807) is 0 Å². The average Bonchev–Trinajstić information content (AvgIpc) is 2.37. The Kier molecular flexibility index (Phi) is 3.87. The number of unbranched alkanes of at least 4 members (excludes halogenated alkanes) is 2. The normalized spacial score (nSPS) is 18.1. The summed E-state index contributed by atoms with van der Waals surface area (Å²) in [6, 6.07) is 11.2. The van der Waals surface area contributed by atoms with Crippen LogP contribution in [0.5, 0.6) is 0 Å². The summed E-state index contributed by atoms with van der Waals surface area (Å²) in [5, 5.41) is 12.0. The number of nitrogens with zero attached hydrogens (tertiary/aromatic N) is 2. The van der Waals surface area contributed by atoms with Crippen LogP contribution in [0.15, 0.2) is 24.3 Å². The third-order valence-corrected chi connectivity index (χ3v) is 3.27. The molecule has 0 saturated carbocycles.